The van der Waals surface area contributed by atoms with Crippen molar-refractivity contribution in [3.63, 3.8) is 0 Å². The minimum absolute atomic E-state index is 0.0783. The molecular weight excluding hydrogens is 378 g/mol. The van der Waals surface area contributed by atoms with Gasteiger partial charge >= 0.3 is 5.97 Å². The Kier molecular flexibility index (Phi) is 6.29. The van der Waals surface area contributed by atoms with Gasteiger partial charge in [-0.3, -0.25) is 0 Å². The summed E-state index contributed by atoms with van der Waals surface area (Å²) in [4.78, 5) is 15.8. The summed E-state index contributed by atoms with van der Waals surface area (Å²) in [6.45, 7) is 11.4. The van der Waals surface area contributed by atoms with Crippen LogP contribution in [-0.4, -0.2) is 32.0 Å². The first-order valence-electron chi connectivity index (χ1n) is 10.1. The molecule has 29 heavy (non-hydrogen) atoms. The average molecular weight is 410 g/mol. The SMILES string of the molecule is CC(C)(C)[Si](C)(C)O[C@H](COC(=O)c1ccccc1)Cc1c[nH]c2ccccc12. The van der Waals surface area contributed by atoms with Crippen molar-refractivity contribution in [3.8, 4) is 0 Å². The lowest BCUT2D eigenvalue weighted by molar-refractivity contribution is 0.0286. The van der Waals surface area contributed by atoms with Crippen LogP contribution in [0.4, 0.5) is 0 Å². The monoisotopic (exact) mass is 409 g/mol. The van der Waals surface area contributed by atoms with Gasteiger partial charge in [-0.05, 0) is 41.9 Å². The maximum Gasteiger partial charge on any atom is 0.338 e. The first-order valence-corrected chi connectivity index (χ1v) is 13.0. The molecule has 1 aromatic heterocycles. The molecule has 3 aromatic rings. The fraction of sp³-hybridized carbons (Fsp3) is 0.375. The van der Waals surface area contributed by atoms with Crippen molar-refractivity contribution < 1.29 is 14.0 Å². The lowest BCUT2D eigenvalue weighted by atomic mass is 10.1. The van der Waals surface area contributed by atoms with Gasteiger partial charge < -0.3 is 14.1 Å². The smallest absolute Gasteiger partial charge is 0.338 e. The highest BCUT2D eigenvalue weighted by Crippen LogP contribution is 2.38. The van der Waals surface area contributed by atoms with E-state index in [1.54, 1.807) is 12.1 Å². The van der Waals surface area contributed by atoms with Crippen LogP contribution in [0.3, 0.4) is 0 Å². The lowest BCUT2D eigenvalue weighted by Gasteiger charge is -2.39. The Morgan fingerprint density at radius 1 is 1.03 bits per heavy atom. The van der Waals surface area contributed by atoms with Crippen LogP contribution in [0.25, 0.3) is 10.9 Å². The van der Waals surface area contributed by atoms with E-state index in [1.807, 2.05) is 36.5 Å². The summed E-state index contributed by atoms with van der Waals surface area (Å²) in [6.07, 6.45) is 2.53. The lowest BCUT2D eigenvalue weighted by Crippen LogP contribution is -2.45. The van der Waals surface area contributed by atoms with Crippen LogP contribution in [0.15, 0.2) is 60.8 Å². The number of rotatable bonds is 7. The number of ether oxygens (including phenoxy) is 1. The van der Waals surface area contributed by atoms with E-state index < -0.39 is 8.32 Å². The molecule has 0 unspecified atom stereocenters. The maximum absolute atomic E-state index is 12.5. The van der Waals surface area contributed by atoms with Gasteiger partial charge in [0.15, 0.2) is 8.32 Å². The number of H-pyrrole nitrogens is 1. The topological polar surface area (TPSA) is 51.3 Å². The number of carbonyl (C=O) groups is 1. The summed E-state index contributed by atoms with van der Waals surface area (Å²) >= 11 is 0. The number of esters is 1. The zero-order valence-corrected chi connectivity index (χ0v) is 19.0. The molecule has 1 N–H and O–H groups in total. The van der Waals surface area contributed by atoms with Crippen molar-refractivity contribution in [1.29, 1.82) is 0 Å². The standard InChI is InChI=1S/C24H31NO3Si/c1-24(2,3)29(4,5)28-20(17-27-23(26)18-11-7-6-8-12-18)15-19-16-25-22-14-10-9-13-21(19)22/h6-14,16,20,25H,15,17H2,1-5H3/t20-/m0/s1. The molecule has 0 aliphatic rings. The van der Waals surface area contributed by atoms with E-state index in [4.69, 9.17) is 9.16 Å². The quantitative estimate of drug-likeness (QED) is 0.387. The summed E-state index contributed by atoms with van der Waals surface area (Å²) in [6, 6.07) is 17.3. The molecule has 0 bridgehead atoms. The third-order valence-electron chi connectivity index (χ3n) is 5.80. The van der Waals surface area contributed by atoms with E-state index in [0.29, 0.717) is 12.0 Å². The molecule has 0 saturated carbocycles. The molecule has 0 saturated heterocycles. The highest BCUT2D eigenvalue weighted by atomic mass is 28.4. The number of para-hydroxylation sites is 1. The Morgan fingerprint density at radius 2 is 1.69 bits per heavy atom. The van der Waals surface area contributed by atoms with Crippen LogP contribution >= 0.6 is 0 Å². The number of benzene rings is 2. The van der Waals surface area contributed by atoms with Gasteiger partial charge in [0.05, 0.1) is 11.7 Å². The molecule has 0 radical (unpaired) electrons. The van der Waals surface area contributed by atoms with Crippen LogP contribution in [0.2, 0.25) is 18.1 Å². The Hall–Kier alpha value is -2.37. The van der Waals surface area contributed by atoms with E-state index in [1.165, 1.54) is 10.9 Å². The summed E-state index contributed by atoms with van der Waals surface area (Å²) in [7, 11) is -2.02. The van der Waals surface area contributed by atoms with Crippen molar-refractivity contribution >= 4 is 25.2 Å². The van der Waals surface area contributed by atoms with E-state index in [2.05, 4.69) is 51.0 Å². The van der Waals surface area contributed by atoms with Crippen LogP contribution in [0.1, 0.15) is 36.7 Å². The zero-order chi connectivity index (χ0) is 21.1. The predicted octanol–water partition coefficient (Wildman–Crippen LogP) is 5.96. The van der Waals surface area contributed by atoms with Crippen molar-refractivity contribution in [1.82, 2.24) is 4.98 Å². The van der Waals surface area contributed by atoms with Gasteiger partial charge in [-0.2, -0.15) is 0 Å². The molecule has 4 nitrogen and oxygen atoms in total. The highest BCUT2D eigenvalue weighted by molar-refractivity contribution is 6.74. The Labute approximate surface area is 174 Å². The maximum atomic E-state index is 12.5. The fourth-order valence-corrected chi connectivity index (χ4v) is 4.44. The number of aromatic nitrogens is 1. The minimum Gasteiger partial charge on any atom is -0.459 e. The van der Waals surface area contributed by atoms with Crippen molar-refractivity contribution in [2.75, 3.05) is 6.61 Å². The summed E-state index contributed by atoms with van der Waals surface area (Å²) in [5.41, 5.74) is 2.85. The molecule has 154 valence electrons. The van der Waals surface area contributed by atoms with Crippen molar-refractivity contribution in [2.24, 2.45) is 0 Å². The second-order valence-corrected chi connectivity index (χ2v) is 13.8. The summed E-state index contributed by atoms with van der Waals surface area (Å²) < 4.78 is 12.3. The summed E-state index contributed by atoms with van der Waals surface area (Å²) in [5, 5.41) is 1.26. The zero-order valence-electron chi connectivity index (χ0n) is 18.0. The van der Waals surface area contributed by atoms with E-state index in [-0.39, 0.29) is 23.7 Å². The Balaban J connectivity index is 1.78. The molecule has 0 amide bonds. The number of hydrogen-bond acceptors (Lipinski definition) is 3. The van der Waals surface area contributed by atoms with Crippen molar-refractivity contribution in [2.45, 2.75) is 51.4 Å². The minimum atomic E-state index is -2.02. The van der Waals surface area contributed by atoms with Gasteiger partial charge in [0, 0.05) is 23.5 Å². The molecule has 0 aliphatic heterocycles. The molecule has 1 atom stereocenters. The van der Waals surface area contributed by atoms with Crippen molar-refractivity contribution in [3.05, 3.63) is 71.9 Å². The van der Waals surface area contributed by atoms with Crippen LogP contribution in [-0.2, 0) is 15.6 Å². The fourth-order valence-electron chi connectivity index (χ4n) is 3.10. The van der Waals surface area contributed by atoms with Gasteiger partial charge in [-0.25, -0.2) is 4.79 Å². The number of aromatic amines is 1. The molecular formula is C24H31NO3Si. The van der Waals surface area contributed by atoms with E-state index >= 15 is 0 Å². The van der Waals surface area contributed by atoms with Crippen LogP contribution in [0, 0.1) is 0 Å². The molecule has 2 aromatic carbocycles. The first-order chi connectivity index (χ1) is 13.7. The molecule has 0 aliphatic carbocycles. The van der Waals surface area contributed by atoms with Gasteiger partial charge in [0.25, 0.3) is 0 Å². The van der Waals surface area contributed by atoms with Crippen LogP contribution in [0.5, 0.6) is 0 Å². The molecule has 5 heteroatoms. The highest BCUT2D eigenvalue weighted by Gasteiger charge is 2.39. The van der Waals surface area contributed by atoms with Gasteiger partial charge in [0.2, 0.25) is 0 Å². The third-order valence-corrected chi connectivity index (χ3v) is 10.3. The number of nitrogens with one attached hydrogen (secondary N) is 1. The Bertz CT molecular complexity index is 957. The predicted molar refractivity (Wildman–Crippen MR) is 121 cm³/mol. The third kappa shape index (κ3) is 5.17. The van der Waals surface area contributed by atoms with Gasteiger partial charge in [-0.1, -0.05) is 57.2 Å². The van der Waals surface area contributed by atoms with E-state index in [9.17, 15) is 4.79 Å². The van der Waals surface area contributed by atoms with Gasteiger partial charge in [-0.15, -0.1) is 0 Å². The van der Waals surface area contributed by atoms with Crippen LogP contribution < -0.4 is 0 Å². The molecule has 1 heterocycles. The largest absolute Gasteiger partial charge is 0.459 e. The normalized spacial score (nSPS) is 13.4. The molecule has 0 spiro atoms. The number of hydrogen-bond donors (Lipinski definition) is 1. The second-order valence-electron chi connectivity index (χ2n) is 9.03. The average Bonchev–Trinajstić information content (AvgIpc) is 3.08. The number of carbonyl (C=O) groups excluding carboxylic acids is 1. The first kappa shape index (κ1) is 21.3. The van der Waals surface area contributed by atoms with E-state index in [0.717, 1.165) is 5.52 Å². The molecule has 0 fully saturated rings. The second kappa shape index (κ2) is 8.55. The van der Waals surface area contributed by atoms with Gasteiger partial charge in [0.1, 0.15) is 6.61 Å². The Morgan fingerprint density at radius 3 is 2.38 bits per heavy atom. The number of fused-ring (bicyclic) bond motifs is 1. The summed E-state index contributed by atoms with van der Waals surface area (Å²) in [5.74, 6) is -0.312. The molecule has 3 rings (SSSR count).